The number of rotatable bonds is 3. The topological polar surface area (TPSA) is 49.0 Å². The summed E-state index contributed by atoms with van der Waals surface area (Å²) in [7, 11) is 0. The lowest BCUT2D eigenvalue weighted by Crippen LogP contribution is -2.32. The minimum atomic E-state index is -0.0718. The standard InChI is InChI=1S/C19H18ClN3OS/c20-15-4-2-1-3-13(15)14-10-25-19-17(14)18(24)21-16(22-19)9-23-6-5-11-7-12(11)8-23/h1-4,10-12H,5-9H2,(H,21,22,24). The number of likely N-dealkylation sites (tertiary alicyclic amines) is 1. The van der Waals surface area contributed by atoms with Crippen LogP contribution in [0.5, 0.6) is 0 Å². The molecule has 4 nitrogen and oxygen atoms in total. The second-order valence-corrected chi connectivity index (χ2v) is 8.37. The third-order valence-electron chi connectivity index (χ3n) is 5.41. The summed E-state index contributed by atoms with van der Waals surface area (Å²) in [6, 6.07) is 7.61. The third kappa shape index (κ3) is 2.80. The number of fused-ring (bicyclic) bond motifs is 2. The van der Waals surface area contributed by atoms with Crippen LogP contribution in [0.25, 0.3) is 21.3 Å². The normalized spacial score (nSPS) is 22.9. The Bertz CT molecular complexity index is 1010. The molecule has 6 heteroatoms. The summed E-state index contributed by atoms with van der Waals surface area (Å²) in [6.07, 6.45) is 2.67. The van der Waals surface area contributed by atoms with E-state index in [2.05, 4.69) is 9.88 Å². The number of halogens is 1. The van der Waals surface area contributed by atoms with Gasteiger partial charge in [0.05, 0.1) is 11.9 Å². The summed E-state index contributed by atoms with van der Waals surface area (Å²) in [5, 5.41) is 3.27. The molecule has 1 N–H and O–H groups in total. The number of aromatic amines is 1. The smallest absolute Gasteiger partial charge is 0.260 e. The average Bonchev–Trinajstić information content (AvgIpc) is 3.24. The molecule has 1 saturated carbocycles. The molecule has 2 fully saturated rings. The lowest BCUT2D eigenvalue weighted by Gasteiger charge is -2.25. The van der Waals surface area contributed by atoms with Gasteiger partial charge in [-0.3, -0.25) is 9.69 Å². The van der Waals surface area contributed by atoms with E-state index in [1.807, 2.05) is 29.6 Å². The Morgan fingerprint density at radius 1 is 1.28 bits per heavy atom. The van der Waals surface area contributed by atoms with Gasteiger partial charge in [0.15, 0.2) is 0 Å². The molecule has 25 heavy (non-hydrogen) atoms. The Kier molecular flexibility index (Phi) is 3.69. The molecule has 3 aromatic rings. The molecule has 0 amide bonds. The summed E-state index contributed by atoms with van der Waals surface area (Å²) in [6.45, 7) is 2.98. The first-order valence-electron chi connectivity index (χ1n) is 8.66. The maximum atomic E-state index is 12.7. The number of nitrogens with one attached hydrogen (secondary N) is 1. The van der Waals surface area contributed by atoms with Crippen LogP contribution in [0.2, 0.25) is 5.02 Å². The first-order chi connectivity index (χ1) is 12.2. The highest BCUT2D eigenvalue weighted by molar-refractivity contribution is 7.17. The van der Waals surface area contributed by atoms with E-state index in [-0.39, 0.29) is 5.56 Å². The molecule has 128 valence electrons. The number of H-pyrrole nitrogens is 1. The van der Waals surface area contributed by atoms with Crippen LogP contribution in [0, 0.1) is 11.8 Å². The van der Waals surface area contributed by atoms with Crippen molar-refractivity contribution in [3.8, 4) is 11.1 Å². The monoisotopic (exact) mass is 371 g/mol. The highest BCUT2D eigenvalue weighted by Gasteiger charge is 2.41. The molecule has 1 aromatic carbocycles. The molecule has 1 saturated heterocycles. The van der Waals surface area contributed by atoms with Crippen LogP contribution in [0.15, 0.2) is 34.4 Å². The van der Waals surface area contributed by atoms with Crippen LogP contribution in [-0.2, 0) is 6.54 Å². The molecule has 5 rings (SSSR count). The number of nitrogens with zero attached hydrogens (tertiary/aromatic N) is 2. The van der Waals surface area contributed by atoms with Crippen molar-refractivity contribution in [2.75, 3.05) is 13.1 Å². The molecule has 2 aromatic heterocycles. The fourth-order valence-corrected chi connectivity index (χ4v) is 5.16. The molecule has 0 bridgehead atoms. The van der Waals surface area contributed by atoms with E-state index in [4.69, 9.17) is 16.6 Å². The van der Waals surface area contributed by atoms with Gasteiger partial charge in [-0.1, -0.05) is 29.8 Å². The van der Waals surface area contributed by atoms with Crippen LogP contribution in [0.4, 0.5) is 0 Å². The van der Waals surface area contributed by atoms with E-state index in [1.165, 1.54) is 24.2 Å². The van der Waals surface area contributed by atoms with Crippen molar-refractivity contribution < 1.29 is 0 Å². The third-order valence-corrected chi connectivity index (χ3v) is 6.61. The van der Waals surface area contributed by atoms with Gasteiger partial charge >= 0.3 is 0 Å². The fourth-order valence-electron chi connectivity index (χ4n) is 3.96. The number of aromatic nitrogens is 2. The molecule has 2 unspecified atom stereocenters. The van der Waals surface area contributed by atoms with Gasteiger partial charge in [-0.15, -0.1) is 11.3 Å². The molecule has 1 aliphatic heterocycles. The molecular formula is C19H18ClN3OS. The van der Waals surface area contributed by atoms with Gasteiger partial charge in [-0.05, 0) is 37.3 Å². The first-order valence-corrected chi connectivity index (χ1v) is 9.92. The second kappa shape index (κ2) is 5.94. The molecule has 0 spiro atoms. The molecular weight excluding hydrogens is 354 g/mol. The highest BCUT2D eigenvalue weighted by atomic mass is 35.5. The van der Waals surface area contributed by atoms with Gasteiger partial charge in [0.25, 0.3) is 5.56 Å². The van der Waals surface area contributed by atoms with Gasteiger partial charge in [0, 0.05) is 28.1 Å². The Morgan fingerprint density at radius 3 is 3.00 bits per heavy atom. The summed E-state index contributed by atoms with van der Waals surface area (Å²) in [5.41, 5.74) is 1.67. The van der Waals surface area contributed by atoms with Crippen molar-refractivity contribution in [2.45, 2.75) is 19.4 Å². The molecule has 0 radical (unpaired) electrons. The summed E-state index contributed by atoms with van der Waals surface area (Å²) in [5.74, 6) is 2.60. The van der Waals surface area contributed by atoms with Crippen molar-refractivity contribution in [1.29, 1.82) is 0 Å². The predicted octanol–water partition coefficient (Wildman–Crippen LogP) is 4.15. The number of piperidine rings is 1. The van der Waals surface area contributed by atoms with Gasteiger partial charge < -0.3 is 4.98 Å². The van der Waals surface area contributed by atoms with Crippen LogP contribution < -0.4 is 5.56 Å². The van der Waals surface area contributed by atoms with Gasteiger partial charge in [0.1, 0.15) is 10.7 Å². The predicted molar refractivity (Wildman–Crippen MR) is 102 cm³/mol. The van der Waals surface area contributed by atoms with Crippen molar-refractivity contribution in [3.63, 3.8) is 0 Å². The van der Waals surface area contributed by atoms with E-state index in [9.17, 15) is 4.79 Å². The number of thiophene rings is 1. The minimum Gasteiger partial charge on any atom is -0.309 e. The zero-order chi connectivity index (χ0) is 17.0. The molecule has 1 aliphatic carbocycles. The lowest BCUT2D eigenvalue weighted by atomic mass is 10.1. The van der Waals surface area contributed by atoms with Crippen molar-refractivity contribution >= 4 is 33.2 Å². The quantitative estimate of drug-likeness (QED) is 0.752. The zero-order valence-corrected chi connectivity index (χ0v) is 15.2. The Balaban J connectivity index is 1.50. The lowest BCUT2D eigenvalue weighted by molar-refractivity contribution is 0.207. The van der Waals surface area contributed by atoms with Crippen molar-refractivity contribution in [2.24, 2.45) is 11.8 Å². The van der Waals surface area contributed by atoms with Crippen LogP contribution >= 0.6 is 22.9 Å². The number of hydrogen-bond acceptors (Lipinski definition) is 4. The number of benzene rings is 1. The summed E-state index contributed by atoms with van der Waals surface area (Å²) in [4.78, 5) is 23.7. The van der Waals surface area contributed by atoms with E-state index in [0.717, 1.165) is 53.3 Å². The summed E-state index contributed by atoms with van der Waals surface area (Å²) < 4.78 is 0. The highest BCUT2D eigenvalue weighted by Crippen LogP contribution is 2.45. The van der Waals surface area contributed by atoms with Crippen molar-refractivity contribution in [3.05, 3.63) is 50.8 Å². The summed E-state index contributed by atoms with van der Waals surface area (Å²) >= 11 is 7.82. The number of hydrogen-bond donors (Lipinski definition) is 1. The van der Waals surface area contributed by atoms with E-state index >= 15 is 0 Å². The van der Waals surface area contributed by atoms with Gasteiger partial charge in [-0.2, -0.15) is 0 Å². The molecule has 2 aliphatic rings. The maximum absolute atomic E-state index is 12.7. The maximum Gasteiger partial charge on any atom is 0.260 e. The van der Waals surface area contributed by atoms with Gasteiger partial charge in [-0.25, -0.2) is 4.98 Å². The Morgan fingerprint density at radius 2 is 2.16 bits per heavy atom. The van der Waals surface area contributed by atoms with Crippen LogP contribution in [-0.4, -0.2) is 28.0 Å². The van der Waals surface area contributed by atoms with E-state index in [0.29, 0.717) is 10.4 Å². The van der Waals surface area contributed by atoms with Gasteiger partial charge in [0.2, 0.25) is 0 Å². The Labute approximate surface area is 154 Å². The minimum absolute atomic E-state index is 0.0718. The molecule has 2 atom stereocenters. The van der Waals surface area contributed by atoms with Crippen LogP contribution in [0.1, 0.15) is 18.7 Å². The van der Waals surface area contributed by atoms with E-state index in [1.54, 1.807) is 0 Å². The average molecular weight is 372 g/mol. The SMILES string of the molecule is O=c1[nH]c(CN2CCC3CC3C2)nc2scc(-c3ccccc3Cl)c12. The van der Waals surface area contributed by atoms with E-state index < -0.39 is 0 Å². The second-order valence-electron chi connectivity index (χ2n) is 7.10. The zero-order valence-electron chi connectivity index (χ0n) is 13.7. The Hall–Kier alpha value is -1.69. The molecule has 3 heterocycles. The van der Waals surface area contributed by atoms with Crippen molar-refractivity contribution in [1.82, 2.24) is 14.9 Å². The largest absolute Gasteiger partial charge is 0.309 e. The van der Waals surface area contributed by atoms with Crippen LogP contribution in [0.3, 0.4) is 0 Å². The fraction of sp³-hybridized carbons (Fsp3) is 0.368. The first kappa shape index (κ1) is 15.6.